The standard InChI is InChI=1S/C38H53N3O5/c1-41(2,26-14-4-5-15-27-45-30-33-20-12-13-21-36(33)44-3)29-34(42)28-40-24-22-35(23-25-40)46-38(43)39-37(31-16-8-6-9-17-31)32-18-10-7-11-19-32/h6-13,16-21,34-35,37,42H,4-5,14-15,22-30H2,1-3H3/p+1. The maximum absolute atomic E-state index is 12.9. The summed E-state index contributed by atoms with van der Waals surface area (Å²) in [4.78, 5) is 15.2. The van der Waals surface area contributed by atoms with Crippen molar-refractivity contribution >= 4 is 6.09 Å². The Kier molecular flexibility index (Phi) is 14.4. The number of aliphatic hydroxyl groups is 1. The summed E-state index contributed by atoms with van der Waals surface area (Å²) >= 11 is 0. The molecular weight excluding hydrogens is 578 g/mol. The van der Waals surface area contributed by atoms with E-state index in [1.54, 1.807) is 7.11 Å². The third-order valence-corrected chi connectivity index (χ3v) is 8.76. The number of benzene rings is 3. The third-order valence-electron chi connectivity index (χ3n) is 8.76. The Bertz CT molecular complexity index is 1240. The van der Waals surface area contributed by atoms with Crippen LogP contribution >= 0.6 is 0 Å². The highest BCUT2D eigenvalue weighted by molar-refractivity contribution is 5.69. The number of quaternary nitrogens is 1. The molecule has 1 unspecified atom stereocenters. The van der Waals surface area contributed by atoms with Gasteiger partial charge in [0, 0.05) is 31.8 Å². The summed E-state index contributed by atoms with van der Waals surface area (Å²) in [5.74, 6) is 0.875. The van der Waals surface area contributed by atoms with Gasteiger partial charge >= 0.3 is 6.09 Å². The number of hydrogen-bond donors (Lipinski definition) is 2. The van der Waals surface area contributed by atoms with E-state index in [1.165, 1.54) is 0 Å². The Morgan fingerprint density at radius 2 is 1.50 bits per heavy atom. The van der Waals surface area contributed by atoms with Crippen molar-refractivity contribution in [2.75, 3.05) is 60.5 Å². The molecule has 46 heavy (non-hydrogen) atoms. The number of rotatable bonds is 18. The molecule has 0 aromatic heterocycles. The van der Waals surface area contributed by atoms with Crippen molar-refractivity contribution in [3.8, 4) is 5.75 Å². The van der Waals surface area contributed by atoms with Gasteiger partial charge in [-0.2, -0.15) is 0 Å². The molecule has 3 aromatic carbocycles. The molecule has 0 saturated carbocycles. The number of alkyl carbamates (subject to hydrolysis) is 1. The lowest BCUT2D eigenvalue weighted by Gasteiger charge is -2.36. The van der Waals surface area contributed by atoms with Crippen molar-refractivity contribution in [3.05, 3.63) is 102 Å². The second kappa shape index (κ2) is 18.6. The van der Waals surface area contributed by atoms with Gasteiger partial charge in [0.1, 0.15) is 24.5 Å². The number of hydrogen-bond acceptors (Lipinski definition) is 6. The van der Waals surface area contributed by atoms with Crippen LogP contribution < -0.4 is 10.1 Å². The molecule has 1 amide bonds. The van der Waals surface area contributed by atoms with E-state index in [-0.39, 0.29) is 12.1 Å². The highest BCUT2D eigenvalue weighted by Gasteiger charge is 2.27. The monoisotopic (exact) mass is 632 g/mol. The summed E-state index contributed by atoms with van der Waals surface area (Å²) in [5, 5.41) is 14.0. The van der Waals surface area contributed by atoms with Gasteiger partial charge in [0.15, 0.2) is 0 Å². The Labute approximate surface area is 275 Å². The van der Waals surface area contributed by atoms with Gasteiger partial charge in [-0.1, -0.05) is 85.3 Å². The molecule has 2 N–H and O–H groups in total. The first kappa shape index (κ1) is 35.4. The van der Waals surface area contributed by atoms with E-state index < -0.39 is 12.2 Å². The lowest BCUT2D eigenvalue weighted by atomic mass is 9.99. The SMILES string of the molecule is COc1ccccc1COCCCCCC[N+](C)(C)CC(O)CN1CCC(OC(=O)NC(c2ccccc2)c2ccccc2)CC1. The molecule has 8 nitrogen and oxygen atoms in total. The van der Waals surface area contributed by atoms with Crippen LogP contribution in [0, 0.1) is 0 Å². The number of nitrogens with one attached hydrogen (secondary N) is 1. The molecule has 250 valence electrons. The quantitative estimate of drug-likeness (QED) is 0.129. The van der Waals surface area contributed by atoms with Crippen LogP contribution in [0.15, 0.2) is 84.9 Å². The molecule has 0 aliphatic carbocycles. The van der Waals surface area contributed by atoms with Crippen LogP contribution in [0.4, 0.5) is 4.79 Å². The minimum absolute atomic E-state index is 0.126. The summed E-state index contributed by atoms with van der Waals surface area (Å²) < 4.78 is 17.9. The van der Waals surface area contributed by atoms with E-state index in [2.05, 4.69) is 24.3 Å². The number of methoxy groups -OCH3 is 1. The Morgan fingerprint density at radius 3 is 2.15 bits per heavy atom. The number of β-amino-alcohol motifs (C(OH)–C–C–N with tert-alkyl or cyclic N) is 1. The van der Waals surface area contributed by atoms with Gasteiger partial charge in [-0.05, 0) is 49.3 Å². The van der Waals surface area contributed by atoms with Crippen LogP contribution in [-0.4, -0.2) is 93.3 Å². The molecule has 1 aliphatic rings. The zero-order valence-electron chi connectivity index (χ0n) is 28.0. The number of aliphatic hydroxyl groups excluding tert-OH is 1. The number of ether oxygens (including phenoxy) is 3. The number of carbonyl (C=O) groups is 1. The fourth-order valence-electron chi connectivity index (χ4n) is 6.28. The highest BCUT2D eigenvalue weighted by Crippen LogP contribution is 2.23. The van der Waals surface area contributed by atoms with Crippen LogP contribution in [-0.2, 0) is 16.1 Å². The molecule has 3 aromatic rings. The molecule has 1 aliphatic heterocycles. The number of carbonyl (C=O) groups excluding carboxylic acids is 1. The summed E-state index contributed by atoms with van der Waals surface area (Å²) in [6.07, 6.45) is 5.10. The van der Waals surface area contributed by atoms with Crippen molar-refractivity contribution < 1.29 is 28.6 Å². The molecule has 0 spiro atoms. The van der Waals surface area contributed by atoms with E-state index in [0.717, 1.165) is 98.2 Å². The lowest BCUT2D eigenvalue weighted by Crippen LogP contribution is -2.50. The summed E-state index contributed by atoms with van der Waals surface area (Å²) in [6, 6.07) is 27.6. The molecule has 1 saturated heterocycles. The fraction of sp³-hybridized carbons (Fsp3) is 0.500. The van der Waals surface area contributed by atoms with Crippen LogP contribution in [0.5, 0.6) is 5.75 Å². The van der Waals surface area contributed by atoms with Crippen LogP contribution in [0.2, 0.25) is 0 Å². The fourth-order valence-corrected chi connectivity index (χ4v) is 6.28. The van der Waals surface area contributed by atoms with Crippen molar-refractivity contribution in [3.63, 3.8) is 0 Å². The molecule has 1 atom stereocenters. The molecule has 0 bridgehead atoms. The van der Waals surface area contributed by atoms with Gasteiger partial charge in [0.2, 0.25) is 0 Å². The minimum Gasteiger partial charge on any atom is -0.496 e. The number of nitrogens with zero attached hydrogens (tertiary/aromatic N) is 2. The second-order valence-electron chi connectivity index (χ2n) is 13.1. The first-order valence-corrected chi connectivity index (χ1v) is 16.8. The predicted octanol–water partition coefficient (Wildman–Crippen LogP) is 6.19. The Hall–Kier alpha value is -3.43. The van der Waals surface area contributed by atoms with Crippen molar-refractivity contribution in [2.24, 2.45) is 0 Å². The number of unbranched alkanes of at least 4 members (excludes halogenated alkanes) is 3. The lowest BCUT2D eigenvalue weighted by molar-refractivity contribution is -0.893. The molecular formula is C38H54N3O5+. The first-order chi connectivity index (χ1) is 22.3. The van der Waals surface area contributed by atoms with Crippen LogP contribution in [0.3, 0.4) is 0 Å². The normalized spacial score (nSPS) is 15.1. The molecule has 0 radical (unpaired) electrons. The number of piperidine rings is 1. The minimum atomic E-state index is -0.393. The van der Waals surface area contributed by atoms with Gasteiger partial charge in [0.25, 0.3) is 0 Å². The predicted molar refractivity (Wildman–Crippen MR) is 183 cm³/mol. The number of likely N-dealkylation sites (N-methyl/N-ethyl adjacent to an activating group) is 1. The van der Waals surface area contributed by atoms with Crippen molar-refractivity contribution in [1.29, 1.82) is 0 Å². The summed E-state index contributed by atoms with van der Waals surface area (Å²) in [7, 11) is 6.10. The van der Waals surface area contributed by atoms with E-state index in [1.807, 2.05) is 84.9 Å². The molecule has 1 fully saturated rings. The molecule has 8 heteroatoms. The average molecular weight is 633 g/mol. The number of likely N-dealkylation sites (tertiary alicyclic amines) is 1. The summed E-state index contributed by atoms with van der Waals surface area (Å²) in [6.45, 7) is 5.36. The van der Waals surface area contributed by atoms with Crippen LogP contribution in [0.25, 0.3) is 0 Å². The highest BCUT2D eigenvalue weighted by atomic mass is 16.6. The van der Waals surface area contributed by atoms with Gasteiger partial charge in [-0.25, -0.2) is 4.79 Å². The Morgan fingerprint density at radius 1 is 0.891 bits per heavy atom. The smallest absolute Gasteiger partial charge is 0.408 e. The first-order valence-electron chi connectivity index (χ1n) is 16.8. The topological polar surface area (TPSA) is 80.3 Å². The zero-order valence-corrected chi connectivity index (χ0v) is 28.0. The van der Waals surface area contributed by atoms with E-state index in [9.17, 15) is 9.90 Å². The van der Waals surface area contributed by atoms with E-state index in [0.29, 0.717) is 13.2 Å². The number of amides is 1. The van der Waals surface area contributed by atoms with Gasteiger partial charge in [-0.15, -0.1) is 0 Å². The third kappa shape index (κ3) is 12.1. The van der Waals surface area contributed by atoms with Crippen LogP contribution in [0.1, 0.15) is 61.3 Å². The Balaban J connectivity index is 1.08. The maximum atomic E-state index is 12.9. The zero-order chi connectivity index (χ0) is 32.6. The van der Waals surface area contributed by atoms with E-state index >= 15 is 0 Å². The van der Waals surface area contributed by atoms with Crippen molar-refractivity contribution in [1.82, 2.24) is 10.2 Å². The van der Waals surface area contributed by atoms with E-state index in [4.69, 9.17) is 14.2 Å². The number of para-hydroxylation sites is 1. The molecule has 1 heterocycles. The summed E-state index contributed by atoms with van der Waals surface area (Å²) in [5.41, 5.74) is 3.11. The van der Waals surface area contributed by atoms with Gasteiger partial charge in [0.05, 0.1) is 40.4 Å². The van der Waals surface area contributed by atoms with Gasteiger partial charge in [-0.3, -0.25) is 0 Å². The molecule has 4 rings (SSSR count). The second-order valence-corrected chi connectivity index (χ2v) is 13.1. The van der Waals surface area contributed by atoms with Gasteiger partial charge < -0.3 is 34.0 Å². The largest absolute Gasteiger partial charge is 0.496 e. The van der Waals surface area contributed by atoms with Crippen molar-refractivity contribution in [2.45, 2.75) is 63.4 Å². The average Bonchev–Trinajstić information content (AvgIpc) is 3.06. The maximum Gasteiger partial charge on any atom is 0.408 e.